The number of amides is 2. The van der Waals surface area contributed by atoms with Gasteiger partial charge in [0.2, 0.25) is 5.91 Å². The van der Waals surface area contributed by atoms with Crippen LogP contribution in [0.15, 0.2) is 79.0 Å². The van der Waals surface area contributed by atoms with E-state index in [4.69, 9.17) is 10.5 Å². The van der Waals surface area contributed by atoms with Crippen LogP contribution in [0.2, 0.25) is 0 Å². The highest BCUT2D eigenvalue weighted by atomic mass is 16.5. The van der Waals surface area contributed by atoms with E-state index in [1.165, 1.54) is 0 Å². The van der Waals surface area contributed by atoms with E-state index < -0.39 is 5.91 Å². The maximum Gasteiger partial charge on any atom is 0.311 e. The van der Waals surface area contributed by atoms with Gasteiger partial charge >= 0.3 is 5.97 Å². The molecule has 2 amide bonds. The van der Waals surface area contributed by atoms with Gasteiger partial charge in [-0.05, 0) is 88.6 Å². The van der Waals surface area contributed by atoms with Gasteiger partial charge in [-0.3, -0.25) is 14.4 Å². The Morgan fingerprint density at radius 3 is 2.49 bits per heavy atom. The number of ether oxygens (including phenoxy) is 1. The number of nitrogens with one attached hydrogen (secondary N) is 4. The molecule has 1 radical (unpaired) electrons. The van der Waals surface area contributed by atoms with Gasteiger partial charge in [0.1, 0.15) is 0 Å². The molecule has 4 aromatic carbocycles. The van der Waals surface area contributed by atoms with E-state index in [0.717, 1.165) is 109 Å². The van der Waals surface area contributed by atoms with E-state index in [0.29, 0.717) is 29.9 Å². The molecule has 0 bridgehead atoms. The number of aliphatic hydroxyl groups excluding tert-OH is 1. The number of nitrogens with two attached hydrogens (primary N) is 1. The monoisotopic (exact) mass is 816 g/mol. The Hall–Kier alpha value is -6.63. The average molecular weight is 817 g/mol. The van der Waals surface area contributed by atoms with Crippen LogP contribution < -0.4 is 11.1 Å². The summed E-state index contributed by atoms with van der Waals surface area (Å²) in [6.07, 6.45) is 4.28. The summed E-state index contributed by atoms with van der Waals surface area (Å²) in [6, 6.07) is 27.9. The predicted octanol–water partition coefficient (Wildman–Crippen LogP) is 7.26. The van der Waals surface area contributed by atoms with Gasteiger partial charge < -0.3 is 45.3 Å². The van der Waals surface area contributed by atoms with E-state index in [1.54, 1.807) is 6.92 Å². The highest BCUT2D eigenvalue weighted by molar-refractivity contribution is 6.19. The van der Waals surface area contributed by atoms with Crippen molar-refractivity contribution in [2.24, 2.45) is 11.7 Å². The molecule has 1 unspecified atom stereocenters. The first-order valence-corrected chi connectivity index (χ1v) is 21.0. The fourth-order valence-electron chi connectivity index (χ4n) is 9.35. The van der Waals surface area contributed by atoms with Crippen LogP contribution in [-0.2, 0) is 40.1 Å². The normalized spacial score (nSPS) is 14.1. The van der Waals surface area contributed by atoms with Gasteiger partial charge in [0, 0.05) is 126 Å². The second-order valence-electron chi connectivity index (χ2n) is 16.4. The Morgan fingerprint density at radius 2 is 1.70 bits per heavy atom. The van der Waals surface area contributed by atoms with Crippen molar-refractivity contribution in [2.45, 2.75) is 45.6 Å². The van der Waals surface area contributed by atoms with Crippen LogP contribution in [0.3, 0.4) is 0 Å². The number of aryl methyl sites for hydroxylation is 1. The van der Waals surface area contributed by atoms with Gasteiger partial charge in [0.15, 0.2) is 0 Å². The number of H-pyrrole nitrogens is 3. The van der Waals surface area contributed by atoms with Crippen molar-refractivity contribution in [3.8, 4) is 33.4 Å². The summed E-state index contributed by atoms with van der Waals surface area (Å²) in [5.41, 5.74) is 17.8. The van der Waals surface area contributed by atoms with Crippen LogP contribution in [0, 0.1) is 12.0 Å². The number of benzene rings is 4. The Morgan fingerprint density at radius 1 is 0.902 bits per heavy atom. The molecule has 12 nitrogen and oxygen atoms in total. The predicted molar refractivity (Wildman–Crippen MR) is 240 cm³/mol. The zero-order chi connectivity index (χ0) is 42.4. The quantitative estimate of drug-likeness (QED) is 0.0498. The van der Waals surface area contributed by atoms with Crippen molar-refractivity contribution in [2.75, 3.05) is 40.4 Å². The molecule has 7 N–H and O–H groups in total. The molecule has 311 valence electrons. The third-order valence-corrected chi connectivity index (χ3v) is 12.0. The highest BCUT2D eigenvalue weighted by Gasteiger charge is 2.32. The van der Waals surface area contributed by atoms with E-state index >= 15 is 0 Å². The van der Waals surface area contributed by atoms with Crippen LogP contribution >= 0.6 is 0 Å². The van der Waals surface area contributed by atoms with Crippen molar-refractivity contribution in [1.29, 1.82) is 0 Å². The van der Waals surface area contributed by atoms with Crippen molar-refractivity contribution >= 4 is 61.4 Å². The van der Waals surface area contributed by atoms with Crippen LogP contribution in [0.25, 0.3) is 77.0 Å². The molecule has 61 heavy (non-hydrogen) atoms. The van der Waals surface area contributed by atoms with E-state index in [2.05, 4.69) is 72.2 Å². The molecule has 0 saturated heterocycles. The summed E-state index contributed by atoms with van der Waals surface area (Å²) in [5, 5.41) is 17.3. The first-order valence-electron chi connectivity index (χ1n) is 21.0. The average Bonchev–Trinajstić information content (AvgIpc) is 4.02. The number of carbonyl (C=O) groups excluding carboxylic acids is 3. The number of esters is 1. The summed E-state index contributed by atoms with van der Waals surface area (Å²) < 4.78 is 7.77. The largest absolute Gasteiger partial charge is 0.466 e. The fraction of sp³-hybridized carbons (Fsp3) is 0.286. The summed E-state index contributed by atoms with van der Waals surface area (Å²) in [6.45, 7) is 4.31. The minimum atomic E-state index is -0.473. The Kier molecular flexibility index (Phi) is 10.7. The van der Waals surface area contributed by atoms with Gasteiger partial charge in [0.25, 0.3) is 5.91 Å². The number of rotatable bonds is 14. The standard InChI is InChI=1S/C49H50N7O5/c1-4-61-44(59)23-30-22-35-39(53-30)24-34(36-26-52-38-21-29(14-15-31(36)38)49(60)51-17-9-18-55(2)3)47(45-32-10-5-7-12-37(32)54-40(45)25-43(50)58)48(35)46-33-11-6-8-13-41(33)56-19-16-28(27-57)20-42(46)56/h5-8,10-15,21,24,26,28,52-54,57H,4,9,16-20,23,25,27H2,1-3H3,(H2,50,58)(H,51,60). The Balaban J connectivity index is 1.37. The summed E-state index contributed by atoms with van der Waals surface area (Å²) >= 11 is 0. The third kappa shape index (κ3) is 7.36. The SMILES string of the molecule is CCOC(=O)Cc1[c]c2c(-c3c4n(c5ccccc35)CCC(CO)C4)c(-c3c(CC(N)=O)[nH]c4ccccc34)c(-c3c[nH]c4cc(C(=O)NCCCN(C)C)ccc34)cc2[nH]1. The summed E-state index contributed by atoms with van der Waals surface area (Å²) in [7, 11) is 4.03. The molecule has 0 saturated carbocycles. The zero-order valence-electron chi connectivity index (χ0n) is 34.7. The van der Waals surface area contributed by atoms with Crippen LogP contribution in [0.1, 0.15) is 47.2 Å². The number of para-hydroxylation sites is 2. The molecule has 9 rings (SSSR count). The number of hydrogen-bond acceptors (Lipinski definition) is 6. The van der Waals surface area contributed by atoms with Crippen molar-refractivity contribution in [3.63, 3.8) is 0 Å². The first kappa shape index (κ1) is 39.8. The topological polar surface area (TPSA) is 174 Å². The number of aliphatic hydroxyl groups is 1. The molecular formula is C49H50N7O5. The van der Waals surface area contributed by atoms with E-state index in [9.17, 15) is 19.5 Å². The molecule has 0 aliphatic carbocycles. The number of aromatic amines is 3. The summed E-state index contributed by atoms with van der Waals surface area (Å²) in [4.78, 5) is 51.9. The second-order valence-corrected chi connectivity index (χ2v) is 16.4. The molecule has 0 spiro atoms. The lowest BCUT2D eigenvalue weighted by atomic mass is 9.82. The Bertz CT molecular complexity index is 2980. The minimum Gasteiger partial charge on any atom is -0.466 e. The third-order valence-electron chi connectivity index (χ3n) is 12.0. The molecule has 5 heterocycles. The molecule has 1 atom stereocenters. The fourth-order valence-corrected chi connectivity index (χ4v) is 9.35. The van der Waals surface area contributed by atoms with Gasteiger partial charge in [-0.1, -0.05) is 42.5 Å². The van der Waals surface area contributed by atoms with Crippen molar-refractivity contribution in [3.05, 3.63) is 108 Å². The van der Waals surface area contributed by atoms with Crippen molar-refractivity contribution < 1.29 is 24.2 Å². The molecule has 8 aromatic rings. The number of nitrogens with zero attached hydrogens (tertiary/aromatic N) is 2. The Labute approximate surface area is 353 Å². The number of carbonyl (C=O) groups is 3. The van der Waals surface area contributed by atoms with Crippen molar-refractivity contribution in [1.82, 2.24) is 29.7 Å². The lowest BCUT2D eigenvalue weighted by molar-refractivity contribution is -0.142. The van der Waals surface area contributed by atoms with Gasteiger partial charge in [0.05, 0.1) is 19.4 Å². The maximum absolute atomic E-state index is 13.3. The summed E-state index contributed by atoms with van der Waals surface area (Å²) in [5.74, 6) is -0.907. The number of hydrogen-bond donors (Lipinski definition) is 6. The van der Waals surface area contributed by atoms with Crippen LogP contribution in [-0.4, -0.2) is 87.7 Å². The first-order chi connectivity index (χ1) is 29.6. The molecule has 4 aromatic heterocycles. The second kappa shape index (κ2) is 16.4. The number of primary amides is 1. The molecular weight excluding hydrogens is 767 g/mol. The van der Waals surface area contributed by atoms with Gasteiger partial charge in [-0.2, -0.15) is 0 Å². The molecule has 12 heteroatoms. The zero-order valence-corrected chi connectivity index (χ0v) is 34.7. The number of fused-ring (bicyclic) bond motifs is 6. The number of aromatic nitrogens is 4. The lowest BCUT2D eigenvalue weighted by Gasteiger charge is -2.25. The van der Waals surface area contributed by atoms with Gasteiger partial charge in [-0.15, -0.1) is 0 Å². The molecule has 0 fully saturated rings. The van der Waals surface area contributed by atoms with Crippen LogP contribution in [0.4, 0.5) is 0 Å². The van der Waals surface area contributed by atoms with Crippen LogP contribution in [0.5, 0.6) is 0 Å². The highest BCUT2D eigenvalue weighted by Crippen LogP contribution is 2.52. The van der Waals surface area contributed by atoms with Gasteiger partial charge in [-0.25, -0.2) is 0 Å². The van der Waals surface area contributed by atoms with E-state index in [1.807, 2.05) is 56.7 Å². The molecule has 1 aliphatic heterocycles. The molecule has 1 aliphatic rings. The lowest BCUT2D eigenvalue weighted by Crippen LogP contribution is -2.27. The minimum absolute atomic E-state index is 0.000905. The van der Waals surface area contributed by atoms with E-state index in [-0.39, 0.29) is 43.8 Å². The maximum atomic E-state index is 13.3. The smallest absolute Gasteiger partial charge is 0.311 e.